The van der Waals surface area contributed by atoms with E-state index in [9.17, 15) is 0 Å². The number of hydrogen-bond acceptors (Lipinski definition) is 5. The molecule has 0 fully saturated rings. The lowest BCUT2D eigenvalue weighted by Crippen LogP contribution is -2.35. The molecule has 0 saturated carbocycles. The van der Waals surface area contributed by atoms with Crippen molar-refractivity contribution >= 4 is 5.82 Å². The maximum atomic E-state index is 4.60. The average molecular weight is 355 g/mol. The predicted molar refractivity (Wildman–Crippen MR) is 107 cm³/mol. The van der Waals surface area contributed by atoms with Gasteiger partial charge in [-0.15, -0.1) is 0 Å². The van der Waals surface area contributed by atoms with Crippen LogP contribution < -0.4 is 10.2 Å². The first-order valence-electron chi connectivity index (χ1n) is 9.01. The summed E-state index contributed by atoms with van der Waals surface area (Å²) in [6, 6.07) is 17.9. The van der Waals surface area contributed by atoms with Gasteiger partial charge in [0, 0.05) is 37.4 Å². The van der Waals surface area contributed by atoms with Gasteiger partial charge in [-0.1, -0.05) is 30.4 Å². The summed E-state index contributed by atoms with van der Waals surface area (Å²) >= 11 is 0. The van der Waals surface area contributed by atoms with Crippen LogP contribution in [0.1, 0.15) is 17.4 Å². The lowest BCUT2D eigenvalue weighted by atomic mass is 10.0. The van der Waals surface area contributed by atoms with Gasteiger partial charge in [0.05, 0.1) is 17.4 Å². The first-order chi connectivity index (χ1) is 13.4. The minimum Gasteiger partial charge on any atom is -0.324 e. The molecule has 0 bridgehead atoms. The molecule has 5 nitrogen and oxygen atoms in total. The first-order valence-corrected chi connectivity index (χ1v) is 9.01. The van der Waals surface area contributed by atoms with Gasteiger partial charge in [-0.25, -0.2) is 4.98 Å². The maximum absolute atomic E-state index is 4.60. The van der Waals surface area contributed by atoms with Crippen molar-refractivity contribution in [2.75, 3.05) is 11.4 Å². The van der Waals surface area contributed by atoms with Gasteiger partial charge in [-0.05, 0) is 42.5 Å². The third kappa shape index (κ3) is 4.10. The number of nitrogens with one attached hydrogen (secondary N) is 1. The van der Waals surface area contributed by atoms with Gasteiger partial charge in [0.15, 0.2) is 0 Å². The molecule has 3 aromatic rings. The lowest BCUT2D eigenvalue weighted by molar-refractivity contribution is 0.560. The van der Waals surface area contributed by atoms with Crippen LogP contribution in [0.25, 0.3) is 0 Å². The van der Waals surface area contributed by atoms with E-state index in [0.29, 0.717) is 6.54 Å². The van der Waals surface area contributed by atoms with Gasteiger partial charge in [0.2, 0.25) is 0 Å². The Balaban J connectivity index is 1.66. The van der Waals surface area contributed by atoms with Crippen molar-refractivity contribution < 1.29 is 0 Å². The van der Waals surface area contributed by atoms with Crippen LogP contribution in [0.5, 0.6) is 0 Å². The molecule has 5 heteroatoms. The van der Waals surface area contributed by atoms with Gasteiger partial charge < -0.3 is 4.90 Å². The highest BCUT2D eigenvalue weighted by Gasteiger charge is 2.25. The molecule has 0 aliphatic carbocycles. The molecule has 0 saturated heterocycles. The highest BCUT2D eigenvalue weighted by atomic mass is 15.2. The Labute approximate surface area is 159 Å². The molecule has 0 amide bonds. The van der Waals surface area contributed by atoms with Crippen molar-refractivity contribution in [2.24, 2.45) is 0 Å². The third-order valence-electron chi connectivity index (χ3n) is 4.42. The molecular weight excluding hydrogens is 334 g/mol. The molecule has 134 valence electrons. The Morgan fingerprint density at radius 3 is 2.37 bits per heavy atom. The highest BCUT2D eigenvalue weighted by molar-refractivity contribution is 5.52. The van der Waals surface area contributed by atoms with Gasteiger partial charge in [0.25, 0.3) is 0 Å². The molecule has 4 rings (SSSR count). The molecule has 1 unspecified atom stereocenters. The van der Waals surface area contributed by atoms with Crippen molar-refractivity contribution in [2.45, 2.75) is 12.6 Å². The zero-order chi connectivity index (χ0) is 18.3. The fraction of sp³-hybridized carbons (Fsp3) is 0.136. The van der Waals surface area contributed by atoms with Gasteiger partial charge in [0.1, 0.15) is 5.82 Å². The zero-order valence-electron chi connectivity index (χ0n) is 14.9. The third-order valence-corrected chi connectivity index (χ3v) is 4.42. The van der Waals surface area contributed by atoms with Gasteiger partial charge >= 0.3 is 0 Å². The summed E-state index contributed by atoms with van der Waals surface area (Å²) in [6.45, 7) is 1.43. The molecule has 4 heterocycles. The van der Waals surface area contributed by atoms with Crippen molar-refractivity contribution in [1.82, 2.24) is 20.3 Å². The Hall–Kier alpha value is -3.31. The van der Waals surface area contributed by atoms with Crippen molar-refractivity contribution in [3.8, 4) is 0 Å². The quantitative estimate of drug-likeness (QED) is 0.731. The summed E-state index contributed by atoms with van der Waals surface area (Å²) in [5.41, 5.74) is 3.08. The standard InChI is InChI=1S/C22H21N5/c1-5-13-23-18(9-1)17-26-22(19-10-2-6-14-24-19)20-11-4-8-16-27(20)21-12-3-7-15-25-21/h1-15,22,26H,16-17H2. The second-order valence-electron chi connectivity index (χ2n) is 6.21. The van der Waals surface area contributed by atoms with Crippen LogP contribution in [0.3, 0.4) is 0 Å². The second kappa shape index (κ2) is 8.38. The van der Waals surface area contributed by atoms with E-state index >= 15 is 0 Å². The summed E-state index contributed by atoms with van der Waals surface area (Å²) in [5, 5.41) is 3.63. The van der Waals surface area contributed by atoms with E-state index in [1.54, 1.807) is 0 Å². The monoisotopic (exact) mass is 355 g/mol. The molecule has 0 spiro atoms. The maximum Gasteiger partial charge on any atom is 0.133 e. The second-order valence-corrected chi connectivity index (χ2v) is 6.21. The molecule has 0 aromatic carbocycles. The summed E-state index contributed by atoms with van der Waals surface area (Å²) < 4.78 is 0. The fourth-order valence-corrected chi connectivity index (χ4v) is 3.14. The Kier molecular flexibility index (Phi) is 5.31. The van der Waals surface area contributed by atoms with Crippen LogP contribution >= 0.6 is 0 Å². The fourth-order valence-electron chi connectivity index (χ4n) is 3.14. The Morgan fingerprint density at radius 1 is 0.889 bits per heavy atom. The summed E-state index contributed by atoms with van der Waals surface area (Å²) in [4.78, 5) is 15.8. The minimum absolute atomic E-state index is 0.0693. The smallest absolute Gasteiger partial charge is 0.133 e. The van der Waals surface area contributed by atoms with E-state index in [1.165, 1.54) is 0 Å². The van der Waals surface area contributed by atoms with Crippen LogP contribution in [0, 0.1) is 0 Å². The van der Waals surface area contributed by atoms with Crippen molar-refractivity contribution in [3.63, 3.8) is 0 Å². The molecule has 1 N–H and O–H groups in total. The number of anilines is 1. The number of nitrogens with zero attached hydrogens (tertiary/aromatic N) is 4. The molecule has 1 aliphatic rings. The number of rotatable bonds is 6. The van der Waals surface area contributed by atoms with E-state index < -0.39 is 0 Å². The summed E-state index contributed by atoms with van der Waals surface area (Å²) in [7, 11) is 0. The average Bonchev–Trinajstić information content (AvgIpc) is 2.76. The number of allylic oxidation sites excluding steroid dienone is 2. The van der Waals surface area contributed by atoms with Crippen LogP contribution in [-0.2, 0) is 6.54 Å². The molecule has 27 heavy (non-hydrogen) atoms. The summed E-state index contributed by atoms with van der Waals surface area (Å²) in [6.07, 6.45) is 11.8. The van der Waals surface area contributed by atoms with Gasteiger partial charge in [-0.3, -0.25) is 15.3 Å². The number of hydrogen-bond donors (Lipinski definition) is 1. The van der Waals surface area contributed by atoms with E-state index in [2.05, 4.69) is 43.4 Å². The van der Waals surface area contributed by atoms with Crippen molar-refractivity contribution in [1.29, 1.82) is 0 Å². The number of aromatic nitrogens is 3. The van der Waals surface area contributed by atoms with Crippen LogP contribution in [0.2, 0.25) is 0 Å². The topological polar surface area (TPSA) is 53.9 Å². The van der Waals surface area contributed by atoms with Crippen LogP contribution in [0.15, 0.2) is 97.1 Å². The number of pyridine rings is 3. The first kappa shape index (κ1) is 17.1. The van der Waals surface area contributed by atoms with Crippen LogP contribution in [0.4, 0.5) is 5.82 Å². The largest absolute Gasteiger partial charge is 0.324 e. The zero-order valence-corrected chi connectivity index (χ0v) is 14.9. The molecule has 1 aliphatic heterocycles. The summed E-state index contributed by atoms with van der Waals surface area (Å²) in [5.74, 6) is 0.925. The SMILES string of the molecule is C1=CCN(c2ccccn2)C(C(NCc2ccccn2)c2ccccn2)=C1. The molecule has 0 radical (unpaired) electrons. The Bertz CT molecular complexity index is 907. The lowest BCUT2D eigenvalue weighted by Gasteiger charge is -2.33. The highest BCUT2D eigenvalue weighted by Crippen LogP contribution is 2.29. The molecule has 1 atom stereocenters. The molecular formula is C22H21N5. The van der Waals surface area contributed by atoms with E-state index in [4.69, 9.17) is 0 Å². The predicted octanol–water partition coefficient (Wildman–Crippen LogP) is 3.66. The minimum atomic E-state index is -0.0693. The van der Waals surface area contributed by atoms with Gasteiger partial charge in [-0.2, -0.15) is 0 Å². The van der Waals surface area contributed by atoms with Crippen molar-refractivity contribution in [3.05, 3.63) is 109 Å². The van der Waals surface area contributed by atoms with E-state index in [-0.39, 0.29) is 6.04 Å². The van der Waals surface area contributed by atoms with Crippen LogP contribution in [-0.4, -0.2) is 21.5 Å². The normalized spacial score (nSPS) is 14.7. The van der Waals surface area contributed by atoms with E-state index in [0.717, 1.165) is 29.4 Å². The Morgan fingerprint density at radius 2 is 1.67 bits per heavy atom. The molecule has 3 aromatic heterocycles. The van der Waals surface area contributed by atoms with E-state index in [1.807, 2.05) is 73.2 Å².